The van der Waals surface area contributed by atoms with Crippen LogP contribution in [-0.4, -0.2) is 24.4 Å². The number of ether oxygens (including phenoxy) is 1. The summed E-state index contributed by atoms with van der Waals surface area (Å²) in [5.41, 5.74) is 6.34. The van der Waals surface area contributed by atoms with E-state index < -0.39 is 0 Å². The van der Waals surface area contributed by atoms with Crippen LogP contribution in [0.3, 0.4) is 0 Å². The Morgan fingerprint density at radius 2 is 1.44 bits per heavy atom. The van der Waals surface area contributed by atoms with Gasteiger partial charge in [0.25, 0.3) is 5.91 Å². The lowest BCUT2D eigenvalue weighted by Crippen LogP contribution is -2.41. The molecule has 142 valence electrons. The van der Waals surface area contributed by atoms with E-state index in [1.165, 1.54) is 5.56 Å². The Morgan fingerprint density at radius 1 is 0.778 bits per heavy atom. The SMILES string of the molecule is O=C(CCCC(=O)OCCCc1ccccc1)NNC(=O)c1ccccc1. The van der Waals surface area contributed by atoms with Crippen molar-refractivity contribution in [1.29, 1.82) is 0 Å². The Morgan fingerprint density at radius 3 is 2.15 bits per heavy atom. The second kappa shape index (κ2) is 11.5. The van der Waals surface area contributed by atoms with Gasteiger partial charge in [0.2, 0.25) is 5.91 Å². The zero-order valence-electron chi connectivity index (χ0n) is 15.1. The molecule has 2 amide bonds. The Bertz CT molecular complexity index is 732. The minimum absolute atomic E-state index is 0.133. The minimum Gasteiger partial charge on any atom is -0.466 e. The van der Waals surface area contributed by atoms with Gasteiger partial charge in [-0.3, -0.25) is 25.2 Å². The van der Waals surface area contributed by atoms with Gasteiger partial charge in [0, 0.05) is 18.4 Å². The molecule has 0 aliphatic carbocycles. The maximum atomic E-state index is 11.8. The van der Waals surface area contributed by atoms with Gasteiger partial charge >= 0.3 is 5.97 Å². The van der Waals surface area contributed by atoms with E-state index in [1.807, 2.05) is 30.3 Å². The van der Waals surface area contributed by atoms with E-state index in [2.05, 4.69) is 10.9 Å². The van der Waals surface area contributed by atoms with Crippen LogP contribution in [0.2, 0.25) is 0 Å². The topological polar surface area (TPSA) is 84.5 Å². The van der Waals surface area contributed by atoms with Gasteiger partial charge in [0.15, 0.2) is 0 Å². The summed E-state index contributed by atoms with van der Waals surface area (Å²) in [6.45, 7) is 0.368. The molecule has 2 aromatic rings. The molecule has 2 rings (SSSR count). The molecule has 0 fully saturated rings. The summed E-state index contributed by atoms with van der Waals surface area (Å²) in [5, 5.41) is 0. The molecule has 0 unspecified atom stereocenters. The lowest BCUT2D eigenvalue weighted by Gasteiger charge is -2.07. The first-order valence-corrected chi connectivity index (χ1v) is 8.99. The predicted octanol–water partition coefficient (Wildman–Crippen LogP) is 2.79. The highest BCUT2D eigenvalue weighted by Gasteiger charge is 2.08. The summed E-state index contributed by atoms with van der Waals surface area (Å²) in [4.78, 5) is 35.1. The van der Waals surface area contributed by atoms with Crippen molar-refractivity contribution < 1.29 is 19.1 Å². The largest absolute Gasteiger partial charge is 0.466 e. The van der Waals surface area contributed by atoms with E-state index in [-0.39, 0.29) is 30.6 Å². The average molecular weight is 368 g/mol. The van der Waals surface area contributed by atoms with Crippen LogP contribution >= 0.6 is 0 Å². The van der Waals surface area contributed by atoms with Gasteiger partial charge in [-0.2, -0.15) is 0 Å². The molecular weight excluding hydrogens is 344 g/mol. The summed E-state index contributed by atoms with van der Waals surface area (Å²) in [5.74, 6) is -1.05. The fourth-order valence-electron chi connectivity index (χ4n) is 2.42. The van der Waals surface area contributed by atoms with Crippen LogP contribution in [0.1, 0.15) is 41.6 Å². The molecule has 0 bridgehead atoms. The van der Waals surface area contributed by atoms with E-state index in [1.54, 1.807) is 30.3 Å². The Kier molecular flexibility index (Phi) is 8.56. The summed E-state index contributed by atoms with van der Waals surface area (Å²) >= 11 is 0. The van der Waals surface area contributed by atoms with E-state index in [0.717, 1.165) is 12.8 Å². The molecule has 0 atom stereocenters. The molecule has 6 heteroatoms. The highest BCUT2D eigenvalue weighted by atomic mass is 16.5. The van der Waals surface area contributed by atoms with Gasteiger partial charge in [-0.1, -0.05) is 48.5 Å². The van der Waals surface area contributed by atoms with Gasteiger partial charge in [0.1, 0.15) is 0 Å². The zero-order valence-corrected chi connectivity index (χ0v) is 15.1. The number of carbonyl (C=O) groups is 3. The number of carbonyl (C=O) groups excluding carboxylic acids is 3. The molecule has 0 saturated carbocycles. The standard InChI is InChI=1S/C21H24N2O4/c24-19(22-23-21(26)18-12-5-2-6-13-18)14-7-15-20(25)27-16-8-11-17-9-3-1-4-10-17/h1-6,9-10,12-13H,7-8,11,14-16H2,(H,22,24)(H,23,26). The smallest absolute Gasteiger partial charge is 0.305 e. The van der Waals surface area contributed by atoms with Crippen molar-refractivity contribution in [3.8, 4) is 0 Å². The fraction of sp³-hybridized carbons (Fsp3) is 0.286. The number of aryl methyl sites for hydroxylation is 1. The van der Waals surface area contributed by atoms with E-state index in [0.29, 0.717) is 18.6 Å². The molecule has 0 saturated heterocycles. The predicted molar refractivity (Wildman–Crippen MR) is 102 cm³/mol. The molecule has 6 nitrogen and oxygen atoms in total. The first-order chi connectivity index (χ1) is 13.1. The number of hydrazine groups is 1. The molecule has 0 aliphatic heterocycles. The Hall–Kier alpha value is -3.15. The van der Waals surface area contributed by atoms with Crippen molar-refractivity contribution in [2.24, 2.45) is 0 Å². The number of esters is 1. The van der Waals surface area contributed by atoms with Crippen molar-refractivity contribution >= 4 is 17.8 Å². The first kappa shape index (κ1) is 20.2. The molecule has 0 aliphatic rings. The molecule has 0 radical (unpaired) electrons. The van der Waals surface area contributed by atoms with Crippen LogP contribution in [0.4, 0.5) is 0 Å². The highest BCUT2D eigenvalue weighted by molar-refractivity contribution is 5.95. The van der Waals surface area contributed by atoms with Crippen molar-refractivity contribution in [2.75, 3.05) is 6.61 Å². The maximum Gasteiger partial charge on any atom is 0.305 e. The Labute approximate surface area is 158 Å². The van der Waals surface area contributed by atoms with Crippen LogP contribution < -0.4 is 10.9 Å². The van der Waals surface area contributed by atoms with Gasteiger partial charge in [-0.05, 0) is 37.0 Å². The molecule has 0 spiro atoms. The van der Waals surface area contributed by atoms with Gasteiger partial charge in [0.05, 0.1) is 6.61 Å². The molecule has 27 heavy (non-hydrogen) atoms. The lowest BCUT2D eigenvalue weighted by molar-refractivity contribution is -0.143. The third-order valence-corrected chi connectivity index (χ3v) is 3.85. The number of hydrogen-bond acceptors (Lipinski definition) is 4. The van der Waals surface area contributed by atoms with Crippen molar-refractivity contribution in [2.45, 2.75) is 32.1 Å². The van der Waals surface area contributed by atoms with Crippen LogP contribution in [0.15, 0.2) is 60.7 Å². The molecule has 0 heterocycles. The summed E-state index contributed by atoms with van der Waals surface area (Å²) in [6, 6.07) is 18.6. The maximum absolute atomic E-state index is 11.8. The normalized spacial score (nSPS) is 10.1. The van der Waals surface area contributed by atoms with Crippen LogP contribution in [0.25, 0.3) is 0 Å². The van der Waals surface area contributed by atoms with Gasteiger partial charge in [-0.15, -0.1) is 0 Å². The summed E-state index contributed by atoms with van der Waals surface area (Å²) < 4.78 is 5.16. The van der Waals surface area contributed by atoms with Gasteiger partial charge < -0.3 is 4.74 Å². The number of benzene rings is 2. The fourth-order valence-corrected chi connectivity index (χ4v) is 2.42. The van der Waals surface area contributed by atoms with E-state index >= 15 is 0 Å². The minimum atomic E-state index is -0.387. The zero-order chi connectivity index (χ0) is 19.3. The number of rotatable bonds is 9. The van der Waals surface area contributed by atoms with Crippen LogP contribution in [-0.2, 0) is 20.7 Å². The second-order valence-corrected chi connectivity index (χ2v) is 6.03. The second-order valence-electron chi connectivity index (χ2n) is 6.03. The number of amides is 2. The number of hydrogen-bond donors (Lipinski definition) is 2. The van der Waals surface area contributed by atoms with Gasteiger partial charge in [-0.25, -0.2) is 0 Å². The monoisotopic (exact) mass is 368 g/mol. The molecular formula is C21H24N2O4. The third kappa shape index (κ3) is 8.18. The number of nitrogens with one attached hydrogen (secondary N) is 2. The summed E-state index contributed by atoms with van der Waals surface area (Å²) in [6.07, 6.45) is 2.30. The van der Waals surface area contributed by atoms with Crippen molar-refractivity contribution in [1.82, 2.24) is 10.9 Å². The average Bonchev–Trinajstić information content (AvgIpc) is 2.71. The van der Waals surface area contributed by atoms with E-state index in [4.69, 9.17) is 4.74 Å². The molecule has 0 aromatic heterocycles. The molecule has 2 aromatic carbocycles. The van der Waals surface area contributed by atoms with Crippen molar-refractivity contribution in [3.05, 3.63) is 71.8 Å². The third-order valence-electron chi connectivity index (χ3n) is 3.85. The first-order valence-electron chi connectivity index (χ1n) is 8.99. The quantitative estimate of drug-likeness (QED) is 0.405. The summed E-state index contributed by atoms with van der Waals surface area (Å²) in [7, 11) is 0. The Balaban J connectivity index is 1.51. The van der Waals surface area contributed by atoms with E-state index in [9.17, 15) is 14.4 Å². The lowest BCUT2D eigenvalue weighted by atomic mass is 10.1. The highest BCUT2D eigenvalue weighted by Crippen LogP contribution is 2.04. The molecule has 2 N–H and O–H groups in total. The van der Waals surface area contributed by atoms with Crippen molar-refractivity contribution in [3.63, 3.8) is 0 Å². The van der Waals surface area contributed by atoms with Crippen LogP contribution in [0, 0.1) is 0 Å². The van der Waals surface area contributed by atoms with Crippen LogP contribution in [0.5, 0.6) is 0 Å².